The van der Waals surface area contributed by atoms with Crippen LogP contribution in [0.15, 0.2) is 70.2 Å². The van der Waals surface area contributed by atoms with Gasteiger partial charge in [-0.25, -0.2) is 9.82 Å². The van der Waals surface area contributed by atoms with E-state index in [1.54, 1.807) is 48.5 Å². The van der Waals surface area contributed by atoms with E-state index in [-0.39, 0.29) is 12.4 Å². The molecule has 27 heavy (non-hydrogen) atoms. The third-order valence-electron chi connectivity index (χ3n) is 3.50. The van der Waals surface area contributed by atoms with Gasteiger partial charge in [-0.1, -0.05) is 12.1 Å². The van der Waals surface area contributed by atoms with E-state index in [9.17, 15) is 9.18 Å². The fourth-order valence-electron chi connectivity index (χ4n) is 2.22. The fourth-order valence-corrected chi connectivity index (χ4v) is 2.22. The second-order valence-electron chi connectivity index (χ2n) is 5.40. The molecule has 1 amide bonds. The number of carbonyl (C=O) groups is 1. The molecule has 0 bridgehead atoms. The molecule has 0 aliphatic heterocycles. The van der Waals surface area contributed by atoms with Crippen LogP contribution in [0.2, 0.25) is 0 Å². The Labute approximate surface area is 154 Å². The number of carbonyl (C=O) groups excluding carboxylic acids is 1. The predicted octanol–water partition coefficient (Wildman–Crippen LogP) is 3.49. The Morgan fingerprint density at radius 3 is 2.74 bits per heavy atom. The van der Waals surface area contributed by atoms with Gasteiger partial charge in [0.05, 0.1) is 11.8 Å². The van der Waals surface area contributed by atoms with E-state index in [2.05, 4.69) is 10.5 Å². The van der Waals surface area contributed by atoms with E-state index in [4.69, 9.17) is 14.4 Å². The lowest BCUT2D eigenvalue weighted by Gasteiger charge is -2.05. The summed E-state index contributed by atoms with van der Waals surface area (Å²) in [7, 11) is 0. The number of para-hydroxylation sites is 1. The smallest absolute Gasteiger partial charge is 0.277 e. The summed E-state index contributed by atoms with van der Waals surface area (Å²) in [5.41, 5.74) is 3.38. The van der Waals surface area contributed by atoms with Gasteiger partial charge in [-0.3, -0.25) is 4.79 Å². The van der Waals surface area contributed by atoms with Crippen LogP contribution in [0.1, 0.15) is 11.3 Å². The van der Waals surface area contributed by atoms with Crippen LogP contribution in [-0.4, -0.2) is 18.7 Å². The molecule has 7 heteroatoms. The van der Waals surface area contributed by atoms with Crippen molar-refractivity contribution in [2.75, 3.05) is 6.61 Å². The first-order valence-electron chi connectivity index (χ1n) is 7.95. The Morgan fingerprint density at radius 2 is 1.96 bits per heavy atom. The molecule has 1 N–H and O–H groups in total. The number of nitrogens with zero attached hydrogens (tertiary/aromatic N) is 2. The van der Waals surface area contributed by atoms with Gasteiger partial charge in [0, 0.05) is 5.56 Å². The number of nitrogens with one attached hydrogen (secondary N) is 1. The number of hydrazone groups is 1. The Bertz CT molecular complexity index is 1000. The number of furan rings is 1. The quantitative estimate of drug-likeness (QED) is 0.536. The highest BCUT2D eigenvalue weighted by atomic mass is 19.1. The van der Waals surface area contributed by atoms with Gasteiger partial charge in [0.15, 0.2) is 6.61 Å². The summed E-state index contributed by atoms with van der Waals surface area (Å²) < 4.78 is 23.8. The molecule has 3 aromatic rings. The maximum atomic E-state index is 12.9. The molecule has 0 saturated heterocycles. The van der Waals surface area contributed by atoms with Crippen molar-refractivity contribution in [1.82, 2.24) is 5.43 Å². The number of benzene rings is 2. The van der Waals surface area contributed by atoms with E-state index in [1.165, 1.54) is 18.3 Å². The summed E-state index contributed by atoms with van der Waals surface area (Å²) in [5.74, 6) is 0.498. The molecule has 0 spiro atoms. The van der Waals surface area contributed by atoms with E-state index in [1.807, 2.05) is 6.07 Å². The number of hydrogen-bond donors (Lipinski definition) is 1. The lowest BCUT2D eigenvalue weighted by atomic mass is 10.2. The molecular formula is C20H14FN3O3. The largest absolute Gasteiger partial charge is 0.482 e. The van der Waals surface area contributed by atoms with Crippen LogP contribution < -0.4 is 10.2 Å². The predicted molar refractivity (Wildman–Crippen MR) is 96.5 cm³/mol. The molecule has 6 nitrogen and oxygen atoms in total. The van der Waals surface area contributed by atoms with Crippen molar-refractivity contribution < 1.29 is 18.3 Å². The summed E-state index contributed by atoms with van der Waals surface area (Å²) >= 11 is 0. The van der Waals surface area contributed by atoms with Crippen LogP contribution in [0, 0.1) is 17.1 Å². The summed E-state index contributed by atoms with van der Waals surface area (Å²) in [6.45, 7) is -0.283. The van der Waals surface area contributed by atoms with Crippen molar-refractivity contribution in [3.63, 3.8) is 0 Å². The van der Waals surface area contributed by atoms with Crippen LogP contribution in [0.5, 0.6) is 5.75 Å². The molecule has 0 saturated carbocycles. The van der Waals surface area contributed by atoms with E-state index in [0.717, 1.165) is 5.56 Å². The van der Waals surface area contributed by atoms with Crippen LogP contribution in [0.3, 0.4) is 0 Å². The maximum Gasteiger partial charge on any atom is 0.277 e. The molecule has 0 fully saturated rings. The zero-order valence-electron chi connectivity index (χ0n) is 14.1. The second-order valence-corrected chi connectivity index (χ2v) is 5.40. The molecule has 3 rings (SSSR count). The third kappa shape index (κ3) is 4.80. The van der Waals surface area contributed by atoms with Gasteiger partial charge in [0.25, 0.3) is 5.91 Å². The Balaban J connectivity index is 1.52. The normalized spacial score (nSPS) is 10.5. The van der Waals surface area contributed by atoms with E-state index >= 15 is 0 Å². The Hall–Kier alpha value is -3.92. The van der Waals surface area contributed by atoms with Gasteiger partial charge in [0.1, 0.15) is 29.2 Å². The summed E-state index contributed by atoms with van der Waals surface area (Å²) in [6, 6.07) is 17.9. The first-order valence-corrected chi connectivity index (χ1v) is 7.95. The van der Waals surface area contributed by atoms with Gasteiger partial charge in [-0.2, -0.15) is 10.4 Å². The van der Waals surface area contributed by atoms with Crippen molar-refractivity contribution in [1.29, 1.82) is 5.26 Å². The van der Waals surface area contributed by atoms with Crippen LogP contribution in [0.4, 0.5) is 4.39 Å². The van der Waals surface area contributed by atoms with Gasteiger partial charge < -0.3 is 9.15 Å². The number of hydrogen-bond acceptors (Lipinski definition) is 5. The molecule has 1 heterocycles. The number of nitriles is 1. The maximum absolute atomic E-state index is 12.9. The van der Waals surface area contributed by atoms with Crippen molar-refractivity contribution in [3.8, 4) is 23.1 Å². The van der Waals surface area contributed by atoms with E-state index < -0.39 is 5.91 Å². The van der Waals surface area contributed by atoms with Gasteiger partial charge in [-0.15, -0.1) is 0 Å². The molecular weight excluding hydrogens is 349 g/mol. The van der Waals surface area contributed by atoms with Gasteiger partial charge in [-0.05, 0) is 48.5 Å². The van der Waals surface area contributed by atoms with Crippen LogP contribution >= 0.6 is 0 Å². The zero-order valence-corrected chi connectivity index (χ0v) is 14.1. The fraction of sp³-hybridized carbons (Fsp3) is 0.0500. The standard InChI is InChI=1S/C20H14FN3O3/c21-16-7-5-14(6-8-16)19-10-9-17(27-19)12-23-24-20(25)13-26-18-4-2-1-3-15(18)11-22/h1-10,12H,13H2,(H,24,25)/b23-12+. The first kappa shape index (κ1) is 17.9. The second kappa shape index (κ2) is 8.45. The Morgan fingerprint density at radius 1 is 1.19 bits per heavy atom. The number of ether oxygens (including phenoxy) is 1. The highest BCUT2D eigenvalue weighted by Crippen LogP contribution is 2.21. The Kier molecular flexibility index (Phi) is 5.60. The molecule has 134 valence electrons. The van der Waals surface area contributed by atoms with Gasteiger partial charge in [0.2, 0.25) is 0 Å². The SMILES string of the molecule is N#Cc1ccccc1OCC(=O)N/N=C/c1ccc(-c2ccc(F)cc2)o1. The minimum absolute atomic E-state index is 0.283. The monoisotopic (exact) mass is 363 g/mol. The van der Waals surface area contributed by atoms with Crippen molar-refractivity contribution >= 4 is 12.1 Å². The summed E-state index contributed by atoms with van der Waals surface area (Å²) in [5, 5.41) is 12.8. The van der Waals surface area contributed by atoms with E-state index in [0.29, 0.717) is 22.8 Å². The molecule has 2 aromatic carbocycles. The molecule has 0 aliphatic carbocycles. The molecule has 1 aromatic heterocycles. The van der Waals surface area contributed by atoms with Gasteiger partial charge >= 0.3 is 0 Å². The number of rotatable bonds is 6. The topological polar surface area (TPSA) is 87.6 Å². The lowest BCUT2D eigenvalue weighted by molar-refractivity contribution is -0.123. The highest BCUT2D eigenvalue weighted by Gasteiger charge is 2.06. The number of amides is 1. The van der Waals surface area contributed by atoms with Crippen LogP contribution in [-0.2, 0) is 4.79 Å². The summed E-state index contributed by atoms with van der Waals surface area (Å²) in [6.07, 6.45) is 1.34. The third-order valence-corrected chi connectivity index (χ3v) is 3.50. The molecule has 0 aliphatic rings. The average Bonchev–Trinajstić information content (AvgIpc) is 3.16. The number of halogens is 1. The molecule has 0 unspecified atom stereocenters. The lowest BCUT2D eigenvalue weighted by Crippen LogP contribution is -2.24. The minimum atomic E-state index is -0.482. The highest BCUT2D eigenvalue weighted by molar-refractivity contribution is 5.81. The minimum Gasteiger partial charge on any atom is -0.482 e. The molecule has 0 atom stereocenters. The van der Waals surface area contributed by atoms with Crippen molar-refractivity contribution in [3.05, 3.63) is 77.8 Å². The molecule has 0 radical (unpaired) electrons. The van der Waals surface area contributed by atoms with Crippen LogP contribution in [0.25, 0.3) is 11.3 Å². The average molecular weight is 363 g/mol. The van der Waals surface area contributed by atoms with Crippen molar-refractivity contribution in [2.24, 2.45) is 5.10 Å². The summed E-state index contributed by atoms with van der Waals surface area (Å²) in [4.78, 5) is 11.8. The zero-order chi connectivity index (χ0) is 19.1. The first-order chi connectivity index (χ1) is 13.2. The van der Waals surface area contributed by atoms with Crippen molar-refractivity contribution in [2.45, 2.75) is 0 Å².